The van der Waals surface area contributed by atoms with Crippen LogP contribution in [0.4, 0.5) is 4.39 Å². The van der Waals surface area contributed by atoms with Crippen molar-refractivity contribution in [3.05, 3.63) is 71.0 Å². The summed E-state index contributed by atoms with van der Waals surface area (Å²) < 4.78 is 13.6. The number of halogens is 1. The maximum Gasteiger partial charge on any atom is 0.150 e. The number of carbonyl (C=O) groups excluding carboxylic acids is 1. The van der Waals surface area contributed by atoms with Crippen molar-refractivity contribution >= 4 is 5.78 Å². The van der Waals surface area contributed by atoms with E-state index in [-0.39, 0.29) is 11.6 Å². The Labute approximate surface area is 125 Å². The fourth-order valence-electron chi connectivity index (χ4n) is 2.46. The summed E-state index contributed by atoms with van der Waals surface area (Å²) in [6.07, 6.45) is 0. The van der Waals surface area contributed by atoms with Crippen LogP contribution in [0.2, 0.25) is 0 Å². The molecule has 0 aliphatic heterocycles. The Morgan fingerprint density at radius 1 is 1.00 bits per heavy atom. The molecule has 0 bridgehead atoms. The maximum atomic E-state index is 13.6. The van der Waals surface area contributed by atoms with E-state index in [1.54, 1.807) is 6.07 Å². The van der Waals surface area contributed by atoms with Crippen molar-refractivity contribution < 1.29 is 9.18 Å². The van der Waals surface area contributed by atoms with Crippen molar-refractivity contribution in [1.29, 1.82) is 0 Å². The van der Waals surface area contributed by atoms with E-state index in [0.717, 1.165) is 11.1 Å². The van der Waals surface area contributed by atoms with Gasteiger partial charge in [-0.15, -0.1) is 0 Å². The quantitative estimate of drug-likeness (QED) is 0.785. The lowest BCUT2D eigenvalue weighted by molar-refractivity contribution is -0.126. The van der Waals surface area contributed by atoms with E-state index in [9.17, 15) is 9.18 Å². The number of hydrogen-bond acceptors (Lipinski definition) is 1. The molecular formula is C19H21FO. The van der Waals surface area contributed by atoms with Crippen LogP contribution in [0, 0.1) is 18.2 Å². The number of hydrogen-bond donors (Lipinski definition) is 0. The molecule has 2 rings (SSSR count). The third-order valence-electron chi connectivity index (χ3n) is 3.56. The zero-order valence-electron chi connectivity index (χ0n) is 13.0. The number of Topliss-reactive ketones (excluding diaryl/α,β-unsaturated/α-hetero) is 1. The summed E-state index contributed by atoms with van der Waals surface area (Å²) >= 11 is 0. The Morgan fingerprint density at radius 3 is 2.10 bits per heavy atom. The molecule has 0 amide bonds. The topological polar surface area (TPSA) is 17.1 Å². The largest absolute Gasteiger partial charge is 0.298 e. The Hall–Kier alpha value is -1.96. The minimum absolute atomic E-state index is 0.0960. The van der Waals surface area contributed by atoms with E-state index in [1.807, 2.05) is 58.0 Å². The van der Waals surface area contributed by atoms with Crippen LogP contribution in [0.15, 0.2) is 48.5 Å². The summed E-state index contributed by atoms with van der Waals surface area (Å²) in [5.41, 5.74) is 2.23. The molecular weight excluding hydrogens is 263 g/mol. The molecule has 1 unspecified atom stereocenters. The maximum absolute atomic E-state index is 13.6. The molecule has 0 N–H and O–H groups in total. The second-order valence-corrected chi connectivity index (χ2v) is 6.52. The predicted molar refractivity (Wildman–Crippen MR) is 83.9 cm³/mol. The van der Waals surface area contributed by atoms with Crippen LogP contribution in [0.25, 0.3) is 0 Å². The minimum atomic E-state index is -0.485. The summed E-state index contributed by atoms with van der Waals surface area (Å²) in [6, 6.07) is 14.2. The molecule has 110 valence electrons. The fraction of sp³-hybridized carbons (Fsp3) is 0.316. The second-order valence-electron chi connectivity index (χ2n) is 6.52. The molecule has 0 radical (unpaired) electrons. The minimum Gasteiger partial charge on any atom is -0.298 e. The van der Waals surface area contributed by atoms with Crippen LogP contribution in [-0.2, 0) is 4.79 Å². The zero-order valence-corrected chi connectivity index (χ0v) is 13.0. The predicted octanol–water partition coefficient (Wildman–Crippen LogP) is 4.88. The lowest BCUT2D eigenvalue weighted by atomic mass is 9.76. The molecule has 0 aliphatic carbocycles. The SMILES string of the molecule is Cc1cccc(C(C(=O)C(C)(C)C)c2cccc(F)c2)c1. The van der Waals surface area contributed by atoms with E-state index in [0.29, 0.717) is 5.56 Å². The zero-order chi connectivity index (χ0) is 15.6. The highest BCUT2D eigenvalue weighted by molar-refractivity contribution is 5.93. The molecule has 0 spiro atoms. The van der Waals surface area contributed by atoms with Gasteiger partial charge in [-0.3, -0.25) is 4.79 Å². The van der Waals surface area contributed by atoms with Crippen LogP contribution in [-0.4, -0.2) is 5.78 Å². The number of ketones is 1. The van der Waals surface area contributed by atoms with Gasteiger partial charge in [-0.25, -0.2) is 4.39 Å². The third-order valence-corrected chi connectivity index (χ3v) is 3.56. The monoisotopic (exact) mass is 284 g/mol. The second kappa shape index (κ2) is 5.80. The molecule has 1 nitrogen and oxygen atoms in total. The summed E-state index contributed by atoms with van der Waals surface area (Å²) in [6.45, 7) is 7.69. The molecule has 21 heavy (non-hydrogen) atoms. The van der Waals surface area contributed by atoms with Crippen molar-refractivity contribution in [3.63, 3.8) is 0 Å². The molecule has 2 aromatic carbocycles. The molecule has 2 aromatic rings. The molecule has 0 saturated carbocycles. The fourth-order valence-corrected chi connectivity index (χ4v) is 2.46. The highest BCUT2D eigenvalue weighted by Crippen LogP contribution is 2.33. The van der Waals surface area contributed by atoms with Gasteiger partial charge in [0, 0.05) is 5.41 Å². The van der Waals surface area contributed by atoms with Crippen LogP contribution in [0.5, 0.6) is 0 Å². The number of carbonyl (C=O) groups is 1. The molecule has 2 heteroatoms. The highest BCUT2D eigenvalue weighted by Gasteiger charge is 2.32. The van der Waals surface area contributed by atoms with Gasteiger partial charge in [-0.05, 0) is 30.2 Å². The molecule has 0 fully saturated rings. The van der Waals surface area contributed by atoms with Crippen molar-refractivity contribution in [3.8, 4) is 0 Å². The van der Waals surface area contributed by atoms with Crippen LogP contribution < -0.4 is 0 Å². The van der Waals surface area contributed by atoms with Crippen LogP contribution >= 0.6 is 0 Å². The number of aryl methyl sites for hydroxylation is 1. The molecule has 1 atom stereocenters. The summed E-state index contributed by atoms with van der Waals surface area (Å²) in [5.74, 6) is -0.647. The lowest BCUT2D eigenvalue weighted by Gasteiger charge is -2.25. The Bertz CT molecular complexity index is 607. The standard InChI is InChI=1S/C19H21FO/c1-13-7-5-8-14(11-13)17(18(21)19(2,3)4)15-9-6-10-16(20)12-15/h5-12,17H,1-4H3. The first-order chi connectivity index (χ1) is 9.79. The Kier molecular flexibility index (Phi) is 4.26. The van der Waals surface area contributed by atoms with Gasteiger partial charge >= 0.3 is 0 Å². The summed E-state index contributed by atoms with van der Waals surface area (Å²) in [5, 5.41) is 0. The van der Waals surface area contributed by atoms with Gasteiger partial charge in [-0.2, -0.15) is 0 Å². The first-order valence-electron chi connectivity index (χ1n) is 7.15. The van der Waals surface area contributed by atoms with Crippen molar-refractivity contribution in [1.82, 2.24) is 0 Å². The number of benzene rings is 2. The third kappa shape index (κ3) is 3.57. The average molecular weight is 284 g/mol. The van der Waals surface area contributed by atoms with Crippen molar-refractivity contribution in [2.24, 2.45) is 5.41 Å². The van der Waals surface area contributed by atoms with Crippen molar-refractivity contribution in [2.75, 3.05) is 0 Å². The van der Waals surface area contributed by atoms with E-state index < -0.39 is 11.3 Å². The van der Waals surface area contributed by atoms with Gasteiger partial charge < -0.3 is 0 Å². The van der Waals surface area contributed by atoms with E-state index >= 15 is 0 Å². The first-order valence-corrected chi connectivity index (χ1v) is 7.15. The first kappa shape index (κ1) is 15.4. The van der Waals surface area contributed by atoms with Crippen LogP contribution in [0.3, 0.4) is 0 Å². The van der Waals surface area contributed by atoms with Gasteiger partial charge in [0.2, 0.25) is 0 Å². The van der Waals surface area contributed by atoms with E-state index in [4.69, 9.17) is 0 Å². The Morgan fingerprint density at radius 2 is 1.57 bits per heavy atom. The molecule has 0 saturated heterocycles. The van der Waals surface area contributed by atoms with Crippen molar-refractivity contribution in [2.45, 2.75) is 33.6 Å². The smallest absolute Gasteiger partial charge is 0.150 e. The number of rotatable bonds is 3. The highest BCUT2D eigenvalue weighted by atomic mass is 19.1. The van der Waals surface area contributed by atoms with Crippen LogP contribution in [0.1, 0.15) is 43.4 Å². The normalized spacial score (nSPS) is 13.0. The summed E-state index contributed by atoms with van der Waals surface area (Å²) in [7, 11) is 0. The van der Waals surface area contributed by atoms with Gasteiger partial charge in [0.15, 0.2) is 0 Å². The van der Waals surface area contributed by atoms with E-state index in [2.05, 4.69) is 0 Å². The van der Waals surface area contributed by atoms with E-state index in [1.165, 1.54) is 12.1 Å². The molecule has 0 heterocycles. The Balaban J connectivity index is 2.57. The lowest BCUT2D eigenvalue weighted by Crippen LogP contribution is -2.27. The molecule has 0 aromatic heterocycles. The molecule has 0 aliphatic rings. The van der Waals surface area contributed by atoms with Gasteiger partial charge in [0.05, 0.1) is 5.92 Å². The van der Waals surface area contributed by atoms with Gasteiger partial charge in [0.25, 0.3) is 0 Å². The summed E-state index contributed by atoms with van der Waals surface area (Å²) in [4.78, 5) is 12.9. The van der Waals surface area contributed by atoms with Gasteiger partial charge in [0.1, 0.15) is 11.6 Å². The van der Waals surface area contributed by atoms with Gasteiger partial charge in [-0.1, -0.05) is 62.7 Å². The average Bonchev–Trinajstić information content (AvgIpc) is 2.38.